The highest BCUT2D eigenvalue weighted by molar-refractivity contribution is 6.76. The van der Waals surface area contributed by atoms with Crippen LogP contribution < -0.4 is 0 Å². The highest BCUT2D eigenvalue weighted by Gasteiger charge is 2.19. The summed E-state index contributed by atoms with van der Waals surface area (Å²) in [5.74, 6) is 0. The molecule has 0 radical (unpaired) electrons. The first kappa shape index (κ1) is 12.5. The van der Waals surface area contributed by atoms with Crippen molar-refractivity contribution in [2.45, 2.75) is 30.8 Å². The molecule has 1 nitrogen and oxygen atoms in total. The monoisotopic (exact) mass is 226 g/mol. The van der Waals surface area contributed by atoms with Crippen molar-refractivity contribution < 1.29 is 4.43 Å². The zero-order valence-electron chi connectivity index (χ0n) is 7.65. The lowest BCUT2D eigenvalue weighted by atomic mass is 10.4. The van der Waals surface area contributed by atoms with Crippen molar-refractivity contribution in [3.63, 3.8) is 0 Å². The smallest absolute Gasteiger partial charge is 0.211 e. The SMILES string of the molecule is C=C(C)CO[SiH](CCC)C(Cl)Cl. The lowest BCUT2D eigenvalue weighted by Gasteiger charge is -2.15. The van der Waals surface area contributed by atoms with Crippen molar-refractivity contribution in [1.82, 2.24) is 0 Å². The summed E-state index contributed by atoms with van der Waals surface area (Å²) < 4.78 is 5.28. The zero-order chi connectivity index (χ0) is 9.56. The van der Waals surface area contributed by atoms with E-state index in [9.17, 15) is 0 Å². The van der Waals surface area contributed by atoms with Gasteiger partial charge in [-0.2, -0.15) is 0 Å². The fourth-order valence-electron chi connectivity index (χ4n) is 0.816. The van der Waals surface area contributed by atoms with E-state index >= 15 is 0 Å². The van der Waals surface area contributed by atoms with Gasteiger partial charge in [0.05, 0.1) is 6.61 Å². The molecule has 0 N–H and O–H groups in total. The van der Waals surface area contributed by atoms with Gasteiger partial charge in [-0.3, -0.25) is 0 Å². The summed E-state index contributed by atoms with van der Waals surface area (Å²) in [6.07, 6.45) is 1.09. The molecule has 0 aromatic rings. The van der Waals surface area contributed by atoms with E-state index in [-0.39, 0.29) is 4.46 Å². The van der Waals surface area contributed by atoms with Gasteiger partial charge in [-0.1, -0.05) is 25.5 Å². The molecule has 0 rings (SSSR count). The van der Waals surface area contributed by atoms with Gasteiger partial charge in [0.15, 0.2) is 0 Å². The van der Waals surface area contributed by atoms with Gasteiger partial charge in [-0.15, -0.1) is 23.2 Å². The highest BCUT2D eigenvalue weighted by Crippen LogP contribution is 2.14. The van der Waals surface area contributed by atoms with E-state index < -0.39 is 9.04 Å². The molecule has 0 saturated carbocycles. The predicted octanol–water partition coefficient (Wildman–Crippen LogP) is 3.06. The molecule has 0 bridgehead atoms. The van der Waals surface area contributed by atoms with Crippen LogP contribution in [0.1, 0.15) is 20.3 Å². The molecule has 0 fully saturated rings. The fourth-order valence-corrected chi connectivity index (χ4v) is 3.64. The Bertz CT molecular complexity index is 139. The number of hydrogen-bond acceptors (Lipinski definition) is 1. The Morgan fingerprint density at radius 1 is 1.58 bits per heavy atom. The molecule has 4 heteroatoms. The van der Waals surface area contributed by atoms with Gasteiger partial charge in [0.25, 0.3) is 0 Å². The van der Waals surface area contributed by atoms with Gasteiger partial charge < -0.3 is 4.43 Å². The van der Waals surface area contributed by atoms with Gasteiger partial charge >= 0.3 is 0 Å². The van der Waals surface area contributed by atoms with Crippen molar-refractivity contribution in [1.29, 1.82) is 0 Å². The van der Waals surface area contributed by atoms with Gasteiger partial charge in [0.1, 0.15) is 4.46 Å². The maximum absolute atomic E-state index is 5.78. The first-order valence-corrected chi connectivity index (χ1v) is 6.94. The number of halogens is 2. The van der Waals surface area contributed by atoms with Crippen molar-refractivity contribution in [3.8, 4) is 0 Å². The second kappa shape index (κ2) is 6.95. The minimum absolute atomic E-state index is 0.302. The third-order valence-corrected chi connectivity index (χ3v) is 5.39. The molecule has 0 amide bonds. The summed E-state index contributed by atoms with van der Waals surface area (Å²) in [6.45, 7) is 8.41. The molecule has 1 unspecified atom stereocenters. The fraction of sp³-hybridized carbons (Fsp3) is 0.750. The van der Waals surface area contributed by atoms with Crippen molar-refractivity contribution in [2.24, 2.45) is 0 Å². The first-order chi connectivity index (χ1) is 5.57. The van der Waals surface area contributed by atoms with Crippen LogP contribution in [0.5, 0.6) is 0 Å². The minimum Gasteiger partial charge on any atom is -0.413 e. The summed E-state index contributed by atoms with van der Waals surface area (Å²) in [5, 5.41) is 0. The summed E-state index contributed by atoms with van der Waals surface area (Å²) in [4.78, 5) is 0. The molecular formula is C8H16Cl2OSi. The highest BCUT2D eigenvalue weighted by atomic mass is 35.5. The maximum atomic E-state index is 5.78. The van der Waals surface area contributed by atoms with E-state index in [1.165, 1.54) is 0 Å². The van der Waals surface area contributed by atoms with Crippen molar-refractivity contribution >= 4 is 32.2 Å². The Morgan fingerprint density at radius 3 is 2.50 bits per heavy atom. The van der Waals surface area contributed by atoms with E-state index in [0.29, 0.717) is 6.61 Å². The minimum atomic E-state index is -1.39. The van der Waals surface area contributed by atoms with Crippen LogP contribution in [0.4, 0.5) is 0 Å². The van der Waals surface area contributed by atoms with Crippen LogP contribution >= 0.6 is 23.2 Å². The van der Waals surface area contributed by atoms with Crippen molar-refractivity contribution in [3.05, 3.63) is 12.2 Å². The van der Waals surface area contributed by atoms with Crippen LogP contribution in [-0.4, -0.2) is 20.1 Å². The van der Waals surface area contributed by atoms with Gasteiger partial charge in [-0.25, -0.2) is 0 Å². The number of alkyl halides is 2. The number of rotatable bonds is 6. The Balaban J connectivity index is 3.70. The van der Waals surface area contributed by atoms with E-state index in [0.717, 1.165) is 18.0 Å². The predicted molar refractivity (Wildman–Crippen MR) is 58.5 cm³/mol. The van der Waals surface area contributed by atoms with Crippen LogP contribution in [0.15, 0.2) is 12.2 Å². The second-order valence-corrected chi connectivity index (χ2v) is 7.59. The first-order valence-electron chi connectivity index (χ1n) is 4.12. The Hall–Kier alpha value is 0.497. The van der Waals surface area contributed by atoms with Crippen LogP contribution in [0.2, 0.25) is 6.04 Å². The summed E-state index contributed by atoms with van der Waals surface area (Å²) in [7, 11) is -1.39. The Labute approximate surface area is 86.4 Å². The topological polar surface area (TPSA) is 9.23 Å². The molecule has 1 atom stereocenters. The quantitative estimate of drug-likeness (QED) is 0.385. The number of hydrogen-bond donors (Lipinski definition) is 0. The Kier molecular flexibility index (Phi) is 7.24. The van der Waals surface area contributed by atoms with E-state index in [1.54, 1.807) is 0 Å². The summed E-state index contributed by atoms with van der Waals surface area (Å²) in [5.41, 5.74) is 1.03. The summed E-state index contributed by atoms with van der Waals surface area (Å²) in [6, 6.07) is 1.03. The molecule has 0 aliphatic heterocycles. The zero-order valence-corrected chi connectivity index (χ0v) is 10.3. The van der Waals surface area contributed by atoms with Gasteiger partial charge in [0, 0.05) is 0 Å². The van der Waals surface area contributed by atoms with E-state index in [2.05, 4.69) is 13.5 Å². The molecule has 0 spiro atoms. The van der Waals surface area contributed by atoms with Crippen LogP contribution in [0.3, 0.4) is 0 Å². The average Bonchev–Trinajstić information content (AvgIpc) is 1.96. The molecule has 0 aromatic heterocycles. The molecule has 0 saturated heterocycles. The lowest BCUT2D eigenvalue weighted by molar-refractivity contribution is 0.355. The van der Waals surface area contributed by atoms with Crippen LogP contribution in [0.25, 0.3) is 0 Å². The standard InChI is InChI=1S/C8H16Cl2OSi/c1-4-5-12(8(9)10)11-6-7(2)3/h8,12H,2,4-6H2,1,3H3. The van der Waals surface area contributed by atoms with Gasteiger partial charge in [-0.05, 0) is 13.0 Å². The second-order valence-electron chi connectivity index (χ2n) is 2.93. The largest absolute Gasteiger partial charge is 0.413 e. The lowest BCUT2D eigenvalue weighted by Crippen LogP contribution is -2.26. The Morgan fingerprint density at radius 2 is 2.17 bits per heavy atom. The molecule has 0 aliphatic carbocycles. The van der Waals surface area contributed by atoms with Crippen LogP contribution in [-0.2, 0) is 4.43 Å². The molecule has 72 valence electrons. The van der Waals surface area contributed by atoms with E-state index in [4.69, 9.17) is 27.6 Å². The maximum Gasteiger partial charge on any atom is 0.211 e. The van der Waals surface area contributed by atoms with Gasteiger partial charge in [0.2, 0.25) is 9.04 Å². The molecule has 12 heavy (non-hydrogen) atoms. The molecule has 0 aromatic carbocycles. The van der Waals surface area contributed by atoms with E-state index in [1.807, 2.05) is 6.92 Å². The normalized spacial score (nSPS) is 13.4. The molecular weight excluding hydrogens is 211 g/mol. The molecule has 0 aliphatic rings. The van der Waals surface area contributed by atoms with Crippen LogP contribution in [0, 0.1) is 0 Å². The third-order valence-electron chi connectivity index (χ3n) is 1.40. The third kappa shape index (κ3) is 6.06. The summed E-state index contributed by atoms with van der Waals surface area (Å²) >= 11 is 11.6. The molecule has 0 heterocycles. The average molecular weight is 227 g/mol. The van der Waals surface area contributed by atoms with Crippen molar-refractivity contribution in [2.75, 3.05) is 6.61 Å².